The van der Waals surface area contributed by atoms with Crippen molar-refractivity contribution in [1.29, 1.82) is 0 Å². The average Bonchev–Trinajstić information content (AvgIpc) is 2.56. The number of hydrogen-bond donors (Lipinski definition) is 1. The Labute approximate surface area is 83.9 Å². The zero-order valence-electron chi connectivity index (χ0n) is 7.69. The van der Waals surface area contributed by atoms with Crippen LogP contribution >= 0.6 is 9.24 Å². The Morgan fingerprint density at radius 3 is 2.79 bits per heavy atom. The number of ether oxygens (including phenoxy) is 1. The first-order chi connectivity index (χ1) is 6.75. The molecule has 0 amide bonds. The van der Waals surface area contributed by atoms with Crippen molar-refractivity contribution in [2.24, 2.45) is 0 Å². The van der Waals surface area contributed by atoms with Crippen molar-refractivity contribution < 1.29 is 4.74 Å². The van der Waals surface area contributed by atoms with Gasteiger partial charge in [-0.25, -0.2) is 5.10 Å². The van der Waals surface area contributed by atoms with Gasteiger partial charge in [-0.3, -0.25) is 0 Å². The zero-order chi connectivity index (χ0) is 9.97. The molecule has 2 rings (SSSR count). The minimum atomic E-state index is 0.414. The predicted molar refractivity (Wildman–Crippen MR) is 57.0 cm³/mol. The van der Waals surface area contributed by atoms with E-state index in [0.717, 1.165) is 11.1 Å². The number of nitrogens with zero attached hydrogens (tertiary/aromatic N) is 2. The van der Waals surface area contributed by atoms with Gasteiger partial charge in [-0.15, -0.1) is 9.24 Å². The first-order valence-corrected chi connectivity index (χ1v) is 4.75. The molecule has 1 aromatic heterocycles. The van der Waals surface area contributed by atoms with Gasteiger partial charge in [0.2, 0.25) is 0 Å². The number of aromatic amines is 1. The van der Waals surface area contributed by atoms with Crippen LogP contribution < -0.4 is 10.0 Å². The standard InChI is InChI=1S/C9H10N3OP/c1-6-10-9(12-11-6)13-7-4-2-3-5-8(7)14/h2-5H,14H2,1H3,(H,10,11,12). The van der Waals surface area contributed by atoms with Gasteiger partial charge in [-0.2, -0.15) is 10.1 Å². The fourth-order valence-electron chi connectivity index (χ4n) is 1.05. The molecule has 72 valence electrons. The molecule has 1 N–H and O–H groups in total. The van der Waals surface area contributed by atoms with Crippen molar-refractivity contribution in [3.05, 3.63) is 30.1 Å². The summed E-state index contributed by atoms with van der Waals surface area (Å²) in [6.45, 7) is 1.80. The average molecular weight is 207 g/mol. The highest BCUT2D eigenvalue weighted by atomic mass is 31.0. The fourth-order valence-corrected chi connectivity index (χ4v) is 1.32. The normalized spacial score (nSPS) is 10.1. The van der Waals surface area contributed by atoms with E-state index in [2.05, 4.69) is 24.4 Å². The SMILES string of the molecule is Cc1n[nH]c(Oc2ccccc2P)n1. The highest BCUT2D eigenvalue weighted by Crippen LogP contribution is 2.16. The van der Waals surface area contributed by atoms with E-state index in [4.69, 9.17) is 4.74 Å². The molecule has 0 aliphatic carbocycles. The van der Waals surface area contributed by atoms with E-state index in [1.807, 2.05) is 24.3 Å². The van der Waals surface area contributed by atoms with Crippen LogP contribution in [-0.2, 0) is 0 Å². The van der Waals surface area contributed by atoms with Crippen molar-refractivity contribution in [1.82, 2.24) is 15.2 Å². The summed E-state index contributed by atoms with van der Waals surface area (Å²) < 4.78 is 5.48. The lowest BCUT2D eigenvalue weighted by molar-refractivity contribution is 0.447. The number of benzene rings is 1. The summed E-state index contributed by atoms with van der Waals surface area (Å²) in [5.74, 6) is 1.43. The van der Waals surface area contributed by atoms with Crippen LogP contribution in [0.15, 0.2) is 24.3 Å². The van der Waals surface area contributed by atoms with Crippen LogP contribution in [0.25, 0.3) is 0 Å². The summed E-state index contributed by atoms with van der Waals surface area (Å²) in [6, 6.07) is 8.09. The zero-order valence-corrected chi connectivity index (χ0v) is 8.84. The van der Waals surface area contributed by atoms with Gasteiger partial charge < -0.3 is 4.74 Å². The third-order valence-corrected chi connectivity index (χ3v) is 2.18. The summed E-state index contributed by atoms with van der Waals surface area (Å²) in [5, 5.41) is 7.55. The van der Waals surface area contributed by atoms with E-state index in [0.29, 0.717) is 11.8 Å². The number of aromatic nitrogens is 3. The largest absolute Gasteiger partial charge is 0.424 e. The van der Waals surface area contributed by atoms with Gasteiger partial charge in [0.25, 0.3) is 0 Å². The molecule has 0 aliphatic heterocycles. The summed E-state index contributed by atoms with van der Waals surface area (Å²) in [5.41, 5.74) is 0. The Hall–Kier alpha value is -1.41. The van der Waals surface area contributed by atoms with E-state index in [-0.39, 0.29) is 0 Å². The van der Waals surface area contributed by atoms with Gasteiger partial charge in [0.05, 0.1) is 0 Å². The first-order valence-electron chi connectivity index (χ1n) is 4.17. The summed E-state index contributed by atoms with van der Waals surface area (Å²) in [7, 11) is 2.60. The van der Waals surface area contributed by atoms with Gasteiger partial charge in [0.1, 0.15) is 5.75 Å². The molecule has 0 fully saturated rings. The van der Waals surface area contributed by atoms with Crippen molar-refractivity contribution in [3.63, 3.8) is 0 Å². The van der Waals surface area contributed by atoms with E-state index in [9.17, 15) is 0 Å². The maximum absolute atomic E-state index is 5.48. The molecule has 2 aromatic rings. The van der Waals surface area contributed by atoms with Gasteiger partial charge in [-0.1, -0.05) is 18.2 Å². The quantitative estimate of drug-likeness (QED) is 0.757. The van der Waals surface area contributed by atoms with Gasteiger partial charge >= 0.3 is 6.01 Å². The molecule has 0 saturated carbocycles. The van der Waals surface area contributed by atoms with E-state index in [1.54, 1.807) is 6.92 Å². The van der Waals surface area contributed by atoms with Gasteiger partial charge in [0.15, 0.2) is 5.82 Å². The van der Waals surface area contributed by atoms with Crippen LogP contribution in [0.4, 0.5) is 0 Å². The van der Waals surface area contributed by atoms with Gasteiger partial charge in [-0.05, 0) is 13.0 Å². The molecule has 14 heavy (non-hydrogen) atoms. The molecule has 1 atom stereocenters. The molecule has 1 heterocycles. The molecule has 0 spiro atoms. The molecule has 5 heteroatoms. The smallest absolute Gasteiger partial charge is 0.317 e. The van der Waals surface area contributed by atoms with Crippen molar-refractivity contribution in [2.45, 2.75) is 6.92 Å². The highest BCUT2D eigenvalue weighted by molar-refractivity contribution is 7.27. The minimum absolute atomic E-state index is 0.414. The maximum atomic E-state index is 5.48. The number of para-hydroxylation sites is 1. The molecule has 1 aromatic carbocycles. The molecule has 1 unspecified atom stereocenters. The van der Waals surface area contributed by atoms with Gasteiger partial charge in [0, 0.05) is 5.30 Å². The molecule has 4 nitrogen and oxygen atoms in total. The summed E-state index contributed by atoms with van der Waals surface area (Å²) in [4.78, 5) is 4.05. The minimum Gasteiger partial charge on any atom is -0.424 e. The third kappa shape index (κ3) is 1.91. The topological polar surface area (TPSA) is 50.8 Å². The van der Waals surface area contributed by atoms with Crippen LogP contribution in [0.1, 0.15) is 5.82 Å². The van der Waals surface area contributed by atoms with Crippen molar-refractivity contribution >= 4 is 14.5 Å². The second-order valence-electron chi connectivity index (χ2n) is 2.83. The number of hydrogen-bond acceptors (Lipinski definition) is 3. The van der Waals surface area contributed by atoms with Crippen molar-refractivity contribution in [2.75, 3.05) is 0 Å². The lowest BCUT2D eigenvalue weighted by atomic mass is 10.3. The maximum Gasteiger partial charge on any atom is 0.317 e. The first kappa shape index (κ1) is 9.16. The van der Waals surface area contributed by atoms with Crippen LogP contribution in [0.2, 0.25) is 0 Å². The molecular formula is C9H10N3OP. The third-order valence-electron chi connectivity index (χ3n) is 1.70. The van der Waals surface area contributed by atoms with Crippen LogP contribution in [0.5, 0.6) is 11.8 Å². The molecule has 0 aliphatic rings. The number of nitrogens with one attached hydrogen (secondary N) is 1. The number of aryl methyl sites for hydroxylation is 1. The van der Waals surface area contributed by atoms with Crippen LogP contribution in [0, 0.1) is 6.92 Å². The molecule has 0 bridgehead atoms. The van der Waals surface area contributed by atoms with Crippen LogP contribution in [-0.4, -0.2) is 15.2 Å². The van der Waals surface area contributed by atoms with Crippen molar-refractivity contribution in [3.8, 4) is 11.8 Å². The lowest BCUT2D eigenvalue weighted by Gasteiger charge is -2.03. The predicted octanol–water partition coefficient (Wildman–Crippen LogP) is 1.41. The summed E-state index contributed by atoms with van der Waals surface area (Å²) in [6.07, 6.45) is 0. The Balaban J connectivity index is 2.23. The number of rotatable bonds is 2. The van der Waals surface area contributed by atoms with E-state index < -0.39 is 0 Å². The van der Waals surface area contributed by atoms with E-state index in [1.165, 1.54) is 0 Å². The Morgan fingerprint density at radius 2 is 2.14 bits per heavy atom. The molecule has 0 saturated heterocycles. The Bertz CT molecular complexity index is 441. The highest BCUT2D eigenvalue weighted by Gasteiger charge is 2.03. The monoisotopic (exact) mass is 207 g/mol. The Morgan fingerprint density at radius 1 is 1.36 bits per heavy atom. The lowest BCUT2D eigenvalue weighted by Crippen LogP contribution is -1.97. The van der Waals surface area contributed by atoms with Crippen LogP contribution in [0.3, 0.4) is 0 Å². The number of H-pyrrole nitrogens is 1. The Kier molecular flexibility index (Phi) is 2.46. The molecular weight excluding hydrogens is 197 g/mol. The van der Waals surface area contributed by atoms with E-state index >= 15 is 0 Å². The second kappa shape index (κ2) is 3.76. The molecule has 0 radical (unpaired) electrons. The fraction of sp³-hybridized carbons (Fsp3) is 0.111. The second-order valence-corrected chi connectivity index (χ2v) is 3.45. The summed E-state index contributed by atoms with van der Waals surface area (Å²) >= 11 is 0.